The van der Waals surface area contributed by atoms with Crippen molar-refractivity contribution < 1.29 is 23.1 Å². The number of halogens is 2. The van der Waals surface area contributed by atoms with Gasteiger partial charge in [-0.15, -0.1) is 0 Å². The zero-order chi connectivity index (χ0) is 12.3. The van der Waals surface area contributed by atoms with Crippen molar-refractivity contribution in [2.45, 2.75) is 0 Å². The number of amides is 1. The number of nitrogens with zero attached hydrogens (tertiary/aromatic N) is 1. The fourth-order valence-electron chi connectivity index (χ4n) is 1.08. The van der Waals surface area contributed by atoms with Gasteiger partial charge < -0.3 is 9.64 Å². The molecule has 0 atom stereocenters. The van der Waals surface area contributed by atoms with Gasteiger partial charge in [-0.2, -0.15) is 0 Å². The Morgan fingerprint density at radius 1 is 1.31 bits per heavy atom. The van der Waals surface area contributed by atoms with Crippen molar-refractivity contribution in [3.8, 4) is 0 Å². The molecule has 0 aromatic heterocycles. The summed E-state index contributed by atoms with van der Waals surface area (Å²) < 4.78 is 30.2. The van der Waals surface area contributed by atoms with E-state index in [0.717, 1.165) is 32.4 Å². The Bertz CT molecular complexity index is 434. The molecule has 0 radical (unpaired) electrons. The summed E-state index contributed by atoms with van der Waals surface area (Å²) in [6, 6.07) is 2.59. The maximum Gasteiger partial charge on any atom is 0.397 e. The SMILES string of the molecule is COC(=O)C(=O)N(C)c1cc(F)ccc1F. The minimum Gasteiger partial charge on any atom is -0.462 e. The largest absolute Gasteiger partial charge is 0.462 e. The lowest BCUT2D eigenvalue weighted by Crippen LogP contribution is -2.34. The average molecular weight is 229 g/mol. The fourth-order valence-corrected chi connectivity index (χ4v) is 1.08. The smallest absolute Gasteiger partial charge is 0.397 e. The van der Waals surface area contributed by atoms with Gasteiger partial charge in [0.15, 0.2) is 0 Å². The first-order valence-corrected chi connectivity index (χ1v) is 4.28. The Kier molecular flexibility index (Phi) is 3.55. The molecule has 0 aliphatic rings. The minimum atomic E-state index is -1.15. The highest BCUT2D eigenvalue weighted by Gasteiger charge is 2.22. The van der Waals surface area contributed by atoms with E-state index in [2.05, 4.69) is 4.74 Å². The number of carbonyl (C=O) groups is 2. The highest BCUT2D eigenvalue weighted by Crippen LogP contribution is 2.19. The second-order valence-electron chi connectivity index (χ2n) is 2.95. The van der Waals surface area contributed by atoms with E-state index in [4.69, 9.17) is 0 Å². The highest BCUT2D eigenvalue weighted by atomic mass is 19.1. The summed E-state index contributed by atoms with van der Waals surface area (Å²) >= 11 is 0. The first-order valence-electron chi connectivity index (χ1n) is 4.28. The number of anilines is 1. The van der Waals surface area contributed by atoms with E-state index in [1.54, 1.807) is 0 Å². The molecule has 1 amide bonds. The Morgan fingerprint density at radius 2 is 1.94 bits per heavy atom. The Morgan fingerprint density at radius 3 is 2.50 bits per heavy atom. The van der Waals surface area contributed by atoms with E-state index in [-0.39, 0.29) is 5.69 Å². The molecule has 0 unspecified atom stereocenters. The van der Waals surface area contributed by atoms with E-state index in [9.17, 15) is 18.4 Å². The molecule has 0 heterocycles. The zero-order valence-electron chi connectivity index (χ0n) is 8.66. The topological polar surface area (TPSA) is 46.6 Å². The van der Waals surface area contributed by atoms with Crippen LogP contribution < -0.4 is 4.90 Å². The molecule has 1 aromatic carbocycles. The molecule has 0 aliphatic carbocycles. The molecular weight excluding hydrogens is 220 g/mol. The van der Waals surface area contributed by atoms with Gasteiger partial charge in [0.2, 0.25) is 0 Å². The molecule has 16 heavy (non-hydrogen) atoms. The van der Waals surface area contributed by atoms with E-state index < -0.39 is 23.5 Å². The minimum absolute atomic E-state index is 0.324. The van der Waals surface area contributed by atoms with Gasteiger partial charge >= 0.3 is 11.9 Å². The highest BCUT2D eigenvalue weighted by molar-refractivity contribution is 6.37. The monoisotopic (exact) mass is 229 g/mol. The molecule has 1 rings (SSSR count). The number of methoxy groups -OCH3 is 1. The van der Waals surface area contributed by atoms with Crippen LogP contribution in [0.4, 0.5) is 14.5 Å². The molecule has 0 N–H and O–H groups in total. The van der Waals surface area contributed by atoms with E-state index in [1.807, 2.05) is 0 Å². The molecule has 4 nitrogen and oxygen atoms in total. The molecule has 6 heteroatoms. The first-order chi connectivity index (χ1) is 7.47. The molecule has 0 aliphatic heterocycles. The van der Waals surface area contributed by atoms with Crippen LogP contribution in [0.2, 0.25) is 0 Å². The van der Waals surface area contributed by atoms with Crippen LogP contribution in [-0.2, 0) is 14.3 Å². The lowest BCUT2D eigenvalue weighted by molar-refractivity contribution is -0.151. The van der Waals surface area contributed by atoms with Crippen molar-refractivity contribution in [3.63, 3.8) is 0 Å². The number of benzene rings is 1. The lowest BCUT2D eigenvalue weighted by Gasteiger charge is -2.16. The van der Waals surface area contributed by atoms with Crippen molar-refractivity contribution in [3.05, 3.63) is 29.8 Å². The summed E-state index contributed by atoms with van der Waals surface area (Å²) in [4.78, 5) is 22.9. The molecule has 0 saturated heterocycles. The lowest BCUT2D eigenvalue weighted by atomic mass is 10.2. The zero-order valence-corrected chi connectivity index (χ0v) is 8.66. The summed E-state index contributed by atoms with van der Waals surface area (Å²) in [5, 5.41) is 0. The van der Waals surface area contributed by atoms with Crippen LogP contribution in [0.15, 0.2) is 18.2 Å². The van der Waals surface area contributed by atoms with Crippen molar-refractivity contribution in [2.24, 2.45) is 0 Å². The molecule has 0 fully saturated rings. The summed E-state index contributed by atoms with van der Waals surface area (Å²) in [6.45, 7) is 0. The molecule has 86 valence electrons. The third-order valence-electron chi connectivity index (χ3n) is 1.93. The Labute approximate surface area is 90.4 Å². The van der Waals surface area contributed by atoms with Crippen LogP contribution in [0.1, 0.15) is 0 Å². The first kappa shape index (κ1) is 12.1. The number of ether oxygens (including phenoxy) is 1. The number of esters is 1. The van der Waals surface area contributed by atoms with E-state index in [0.29, 0.717) is 4.90 Å². The average Bonchev–Trinajstić information content (AvgIpc) is 2.29. The number of hydrogen-bond acceptors (Lipinski definition) is 3. The van der Waals surface area contributed by atoms with Crippen LogP contribution in [-0.4, -0.2) is 26.0 Å². The summed E-state index contributed by atoms with van der Waals surface area (Å²) in [7, 11) is 2.17. The maximum absolute atomic E-state index is 13.2. The van der Waals surface area contributed by atoms with E-state index >= 15 is 0 Å². The molecule has 0 spiro atoms. The number of likely N-dealkylation sites (N-methyl/N-ethyl adjacent to an activating group) is 1. The number of carbonyl (C=O) groups excluding carboxylic acids is 2. The predicted molar refractivity (Wildman–Crippen MR) is 51.8 cm³/mol. The van der Waals surface area contributed by atoms with Crippen molar-refractivity contribution in [1.82, 2.24) is 0 Å². The molecule has 1 aromatic rings. The Balaban J connectivity index is 3.04. The maximum atomic E-state index is 13.2. The van der Waals surface area contributed by atoms with Crippen LogP contribution in [0, 0.1) is 11.6 Å². The van der Waals surface area contributed by atoms with Gasteiger partial charge in [0.05, 0.1) is 12.8 Å². The van der Waals surface area contributed by atoms with E-state index in [1.165, 1.54) is 0 Å². The van der Waals surface area contributed by atoms with Gasteiger partial charge in [0.1, 0.15) is 11.6 Å². The summed E-state index contributed by atoms with van der Waals surface area (Å²) in [5.41, 5.74) is -0.324. The summed E-state index contributed by atoms with van der Waals surface area (Å²) in [6.07, 6.45) is 0. The van der Waals surface area contributed by atoms with Crippen LogP contribution in [0.3, 0.4) is 0 Å². The van der Waals surface area contributed by atoms with Gasteiger partial charge in [-0.1, -0.05) is 0 Å². The standard InChI is InChI=1S/C10H9F2NO3/c1-13(9(14)10(15)16-2)8-5-6(11)3-4-7(8)12/h3-5H,1-2H3. The quantitative estimate of drug-likeness (QED) is 0.535. The van der Waals surface area contributed by atoms with Gasteiger partial charge in [0, 0.05) is 13.1 Å². The van der Waals surface area contributed by atoms with Crippen LogP contribution >= 0.6 is 0 Å². The normalized spacial score (nSPS) is 9.75. The third-order valence-corrected chi connectivity index (χ3v) is 1.93. The molecular formula is C10H9F2NO3. The fraction of sp³-hybridized carbons (Fsp3) is 0.200. The second kappa shape index (κ2) is 4.69. The predicted octanol–water partition coefficient (Wildman–Crippen LogP) is 1.10. The summed E-state index contributed by atoms with van der Waals surface area (Å²) in [5.74, 6) is -3.74. The molecule has 0 bridgehead atoms. The van der Waals surface area contributed by atoms with Crippen LogP contribution in [0.25, 0.3) is 0 Å². The second-order valence-corrected chi connectivity index (χ2v) is 2.95. The third kappa shape index (κ3) is 2.33. The van der Waals surface area contributed by atoms with Crippen molar-refractivity contribution in [2.75, 3.05) is 19.1 Å². The van der Waals surface area contributed by atoms with Crippen molar-refractivity contribution in [1.29, 1.82) is 0 Å². The van der Waals surface area contributed by atoms with Gasteiger partial charge in [-0.3, -0.25) is 4.79 Å². The molecule has 0 saturated carbocycles. The van der Waals surface area contributed by atoms with Crippen molar-refractivity contribution >= 4 is 17.6 Å². The van der Waals surface area contributed by atoms with Gasteiger partial charge in [0.25, 0.3) is 0 Å². The van der Waals surface area contributed by atoms with Crippen LogP contribution in [0.5, 0.6) is 0 Å². The number of rotatable bonds is 1. The Hall–Kier alpha value is -1.98. The number of hydrogen-bond donors (Lipinski definition) is 0. The van der Waals surface area contributed by atoms with Gasteiger partial charge in [-0.05, 0) is 12.1 Å². The van der Waals surface area contributed by atoms with Gasteiger partial charge in [-0.25, -0.2) is 13.6 Å².